The molecule has 0 aromatic carbocycles. The van der Waals surface area contributed by atoms with Gasteiger partial charge in [0, 0.05) is 27.1 Å². The molecule has 1 N–H and O–H groups in total. The first-order chi connectivity index (χ1) is 9.02. The number of rotatable bonds is 8. The van der Waals surface area contributed by atoms with E-state index < -0.39 is 0 Å². The van der Waals surface area contributed by atoms with Crippen molar-refractivity contribution in [3.05, 3.63) is 12.2 Å². The molecule has 0 amide bonds. The van der Waals surface area contributed by atoms with Crippen molar-refractivity contribution in [2.75, 3.05) is 37.5 Å². The summed E-state index contributed by atoms with van der Waals surface area (Å²) in [4.78, 5) is 14.6. The zero-order chi connectivity index (χ0) is 14.3. The quantitative estimate of drug-likeness (QED) is 0.726. The third-order valence-corrected chi connectivity index (χ3v) is 2.30. The van der Waals surface area contributed by atoms with Crippen molar-refractivity contribution in [3.8, 4) is 6.01 Å². The Morgan fingerprint density at radius 2 is 2.05 bits per heavy atom. The van der Waals surface area contributed by atoms with Crippen molar-refractivity contribution in [1.82, 2.24) is 15.0 Å². The number of aromatic nitrogens is 3. The van der Waals surface area contributed by atoms with Crippen LogP contribution < -0.4 is 15.0 Å². The van der Waals surface area contributed by atoms with Gasteiger partial charge in [0.1, 0.15) is 0 Å². The Morgan fingerprint density at radius 3 is 2.63 bits per heavy atom. The summed E-state index contributed by atoms with van der Waals surface area (Å²) in [6.45, 7) is 9.24. The fraction of sp³-hybridized carbons (Fsp3) is 0.615. The highest BCUT2D eigenvalue weighted by molar-refractivity contribution is 5.36. The van der Waals surface area contributed by atoms with Crippen LogP contribution in [0.25, 0.3) is 0 Å². The average molecular weight is 265 g/mol. The van der Waals surface area contributed by atoms with Gasteiger partial charge in [0.05, 0.1) is 6.61 Å². The maximum atomic E-state index is 5.54. The average Bonchev–Trinajstić information content (AvgIpc) is 2.35. The Bertz CT molecular complexity index is 419. The number of ether oxygens (including phenoxy) is 1. The summed E-state index contributed by atoms with van der Waals surface area (Å²) in [5.74, 6) is 1.13. The molecule has 0 radical (unpaired) electrons. The summed E-state index contributed by atoms with van der Waals surface area (Å²) in [7, 11) is 3.77. The SMILES string of the molecule is C=C(C)CCOc1nc(NCCC)nc(N(C)C)n1. The molecular weight excluding hydrogens is 242 g/mol. The number of hydrogen-bond acceptors (Lipinski definition) is 6. The van der Waals surface area contributed by atoms with Gasteiger partial charge in [0.25, 0.3) is 0 Å². The van der Waals surface area contributed by atoms with E-state index in [-0.39, 0.29) is 0 Å². The van der Waals surface area contributed by atoms with E-state index in [9.17, 15) is 0 Å². The lowest BCUT2D eigenvalue weighted by molar-refractivity contribution is 0.296. The molecule has 19 heavy (non-hydrogen) atoms. The van der Waals surface area contributed by atoms with E-state index in [0.29, 0.717) is 24.5 Å². The van der Waals surface area contributed by atoms with Crippen molar-refractivity contribution in [2.24, 2.45) is 0 Å². The maximum Gasteiger partial charge on any atom is 0.323 e. The van der Waals surface area contributed by atoms with Crippen molar-refractivity contribution >= 4 is 11.9 Å². The third-order valence-electron chi connectivity index (χ3n) is 2.30. The molecule has 0 unspecified atom stereocenters. The van der Waals surface area contributed by atoms with Crippen LogP contribution in [-0.2, 0) is 0 Å². The molecular formula is C13H23N5O. The molecule has 0 saturated heterocycles. The summed E-state index contributed by atoms with van der Waals surface area (Å²) in [6.07, 6.45) is 1.80. The van der Waals surface area contributed by atoms with Crippen LogP contribution >= 0.6 is 0 Å². The second kappa shape index (κ2) is 7.56. The second-order valence-electron chi connectivity index (χ2n) is 4.62. The lowest BCUT2D eigenvalue weighted by Gasteiger charge is -2.13. The van der Waals surface area contributed by atoms with E-state index >= 15 is 0 Å². The Morgan fingerprint density at radius 1 is 1.32 bits per heavy atom. The molecule has 0 spiro atoms. The van der Waals surface area contributed by atoms with Crippen molar-refractivity contribution in [3.63, 3.8) is 0 Å². The summed E-state index contributed by atoms with van der Waals surface area (Å²) >= 11 is 0. The number of nitrogens with zero attached hydrogens (tertiary/aromatic N) is 4. The molecule has 0 aliphatic rings. The lowest BCUT2D eigenvalue weighted by Crippen LogP contribution is -2.16. The van der Waals surface area contributed by atoms with Crippen LogP contribution in [0.3, 0.4) is 0 Å². The van der Waals surface area contributed by atoms with E-state index in [1.807, 2.05) is 25.9 Å². The summed E-state index contributed by atoms with van der Waals surface area (Å²) < 4.78 is 5.54. The molecule has 6 nitrogen and oxygen atoms in total. The molecule has 106 valence electrons. The Kier molecular flexibility index (Phi) is 6.05. The zero-order valence-electron chi connectivity index (χ0n) is 12.2. The summed E-state index contributed by atoms with van der Waals surface area (Å²) in [5, 5.41) is 3.14. The lowest BCUT2D eigenvalue weighted by atomic mass is 10.3. The summed E-state index contributed by atoms with van der Waals surface area (Å²) in [5.41, 5.74) is 1.08. The topological polar surface area (TPSA) is 63.2 Å². The monoisotopic (exact) mass is 265 g/mol. The first-order valence-corrected chi connectivity index (χ1v) is 6.47. The molecule has 0 saturated carbocycles. The van der Waals surface area contributed by atoms with Crippen LogP contribution in [0.5, 0.6) is 6.01 Å². The first kappa shape index (κ1) is 15.2. The summed E-state index contributed by atoms with van der Waals surface area (Å²) in [6, 6.07) is 0.346. The van der Waals surface area contributed by atoms with Gasteiger partial charge in [0.2, 0.25) is 11.9 Å². The predicted molar refractivity (Wildman–Crippen MR) is 77.9 cm³/mol. The minimum Gasteiger partial charge on any atom is -0.463 e. The predicted octanol–water partition coefficient (Wildman–Crippen LogP) is 2.10. The van der Waals surface area contributed by atoms with Gasteiger partial charge in [-0.2, -0.15) is 15.0 Å². The van der Waals surface area contributed by atoms with Crippen molar-refractivity contribution in [1.29, 1.82) is 0 Å². The van der Waals surface area contributed by atoms with E-state index in [0.717, 1.165) is 25.0 Å². The minimum atomic E-state index is 0.346. The first-order valence-electron chi connectivity index (χ1n) is 6.47. The van der Waals surface area contributed by atoms with Crippen LogP contribution in [0.15, 0.2) is 12.2 Å². The Balaban J connectivity index is 2.77. The van der Waals surface area contributed by atoms with Crippen molar-refractivity contribution in [2.45, 2.75) is 26.7 Å². The number of anilines is 2. The van der Waals surface area contributed by atoms with Gasteiger partial charge in [-0.3, -0.25) is 0 Å². The molecule has 0 bridgehead atoms. The highest BCUT2D eigenvalue weighted by Gasteiger charge is 2.08. The van der Waals surface area contributed by atoms with Gasteiger partial charge in [0.15, 0.2) is 0 Å². The Hall–Kier alpha value is -1.85. The maximum absolute atomic E-state index is 5.54. The smallest absolute Gasteiger partial charge is 0.323 e. The van der Waals surface area contributed by atoms with Gasteiger partial charge in [-0.05, 0) is 13.3 Å². The number of nitrogens with one attached hydrogen (secondary N) is 1. The van der Waals surface area contributed by atoms with E-state index in [2.05, 4.69) is 33.8 Å². The second-order valence-corrected chi connectivity index (χ2v) is 4.62. The minimum absolute atomic E-state index is 0.346. The molecule has 1 aromatic heterocycles. The van der Waals surface area contributed by atoms with Crippen LogP contribution in [0.1, 0.15) is 26.7 Å². The van der Waals surface area contributed by atoms with Crippen LogP contribution in [0, 0.1) is 0 Å². The molecule has 1 rings (SSSR count). The third kappa shape index (κ3) is 5.54. The van der Waals surface area contributed by atoms with Gasteiger partial charge in [-0.25, -0.2) is 0 Å². The van der Waals surface area contributed by atoms with E-state index in [1.54, 1.807) is 0 Å². The van der Waals surface area contributed by atoms with Gasteiger partial charge in [-0.15, -0.1) is 6.58 Å². The molecule has 0 aliphatic heterocycles. The normalized spacial score (nSPS) is 10.1. The van der Waals surface area contributed by atoms with Gasteiger partial charge < -0.3 is 15.0 Å². The Labute approximate surface area is 114 Å². The number of hydrogen-bond donors (Lipinski definition) is 1. The molecule has 1 heterocycles. The van der Waals surface area contributed by atoms with Crippen LogP contribution in [-0.4, -0.2) is 42.2 Å². The largest absolute Gasteiger partial charge is 0.463 e. The molecule has 1 aromatic rings. The highest BCUT2D eigenvalue weighted by atomic mass is 16.5. The van der Waals surface area contributed by atoms with Gasteiger partial charge in [-0.1, -0.05) is 12.5 Å². The highest BCUT2D eigenvalue weighted by Crippen LogP contribution is 2.13. The van der Waals surface area contributed by atoms with Crippen LogP contribution in [0.4, 0.5) is 11.9 Å². The van der Waals surface area contributed by atoms with Gasteiger partial charge >= 0.3 is 6.01 Å². The van der Waals surface area contributed by atoms with Crippen LogP contribution in [0.2, 0.25) is 0 Å². The van der Waals surface area contributed by atoms with E-state index in [4.69, 9.17) is 4.74 Å². The fourth-order valence-corrected chi connectivity index (χ4v) is 1.24. The molecule has 6 heteroatoms. The standard InChI is InChI=1S/C13H23N5O/c1-6-8-14-11-15-12(18(4)5)17-13(16-11)19-9-7-10(2)3/h2,6-9H2,1,3-5H3,(H,14,15,16,17). The fourth-order valence-electron chi connectivity index (χ4n) is 1.24. The van der Waals surface area contributed by atoms with E-state index in [1.165, 1.54) is 0 Å². The van der Waals surface area contributed by atoms with Crippen molar-refractivity contribution < 1.29 is 4.74 Å². The molecule has 0 fully saturated rings. The molecule has 0 atom stereocenters. The zero-order valence-corrected chi connectivity index (χ0v) is 12.2. The molecule has 0 aliphatic carbocycles.